The first-order chi connectivity index (χ1) is 11.1. The zero-order valence-electron chi connectivity index (χ0n) is 14.1. The Hall–Kier alpha value is -2.18. The Kier molecular flexibility index (Phi) is 5.75. The predicted octanol–water partition coefficient (Wildman–Crippen LogP) is 3.62. The first-order valence-corrected chi connectivity index (χ1v) is 7.83. The highest BCUT2D eigenvalue weighted by Gasteiger charge is 2.17. The third-order valence-corrected chi connectivity index (χ3v) is 3.78. The van der Waals surface area contributed by atoms with Gasteiger partial charge in [-0.2, -0.15) is 10.1 Å². The number of nitrogens with zero attached hydrogens (tertiary/aromatic N) is 4. The van der Waals surface area contributed by atoms with E-state index in [0.29, 0.717) is 24.2 Å². The molecule has 24 heavy (non-hydrogen) atoms. The van der Waals surface area contributed by atoms with Gasteiger partial charge < -0.3 is 10.3 Å². The number of aryl methyl sites for hydroxylation is 1. The molecule has 3 aromatic rings. The van der Waals surface area contributed by atoms with Crippen LogP contribution in [-0.2, 0) is 13.1 Å². The molecule has 0 aliphatic rings. The number of rotatable bonds is 5. The van der Waals surface area contributed by atoms with Crippen LogP contribution in [0.15, 0.2) is 34.9 Å². The molecular weight excluding hydrogens is 326 g/mol. The van der Waals surface area contributed by atoms with Crippen LogP contribution < -0.4 is 5.73 Å². The maximum atomic E-state index is 5.62. The van der Waals surface area contributed by atoms with E-state index in [2.05, 4.69) is 29.1 Å². The van der Waals surface area contributed by atoms with Crippen molar-refractivity contribution in [1.82, 2.24) is 19.9 Å². The van der Waals surface area contributed by atoms with Gasteiger partial charge in [0.25, 0.3) is 5.89 Å². The van der Waals surface area contributed by atoms with E-state index in [-0.39, 0.29) is 12.4 Å². The van der Waals surface area contributed by atoms with Crippen LogP contribution in [0.2, 0.25) is 0 Å². The molecule has 0 unspecified atom stereocenters. The number of halogens is 1. The van der Waals surface area contributed by atoms with E-state index in [1.54, 1.807) is 0 Å². The summed E-state index contributed by atoms with van der Waals surface area (Å²) in [6.07, 6.45) is 0. The van der Waals surface area contributed by atoms with E-state index in [9.17, 15) is 0 Å². The minimum Gasteiger partial charge on any atom is -0.332 e. The highest BCUT2D eigenvalue weighted by molar-refractivity contribution is 5.85. The van der Waals surface area contributed by atoms with Crippen LogP contribution >= 0.6 is 12.4 Å². The van der Waals surface area contributed by atoms with Crippen LogP contribution in [0.5, 0.6) is 0 Å². The van der Waals surface area contributed by atoms with Gasteiger partial charge in [0.05, 0.1) is 5.69 Å². The second-order valence-corrected chi connectivity index (χ2v) is 5.75. The summed E-state index contributed by atoms with van der Waals surface area (Å²) in [5, 5.41) is 8.67. The zero-order chi connectivity index (χ0) is 16.4. The summed E-state index contributed by atoms with van der Waals surface area (Å²) in [6.45, 7) is 7.55. The van der Waals surface area contributed by atoms with E-state index >= 15 is 0 Å². The van der Waals surface area contributed by atoms with Gasteiger partial charge in [-0.25, -0.2) is 0 Å². The Balaban J connectivity index is 0.00000208. The van der Waals surface area contributed by atoms with E-state index in [4.69, 9.17) is 10.3 Å². The smallest absolute Gasteiger partial charge is 0.276 e. The monoisotopic (exact) mass is 347 g/mol. The second-order valence-electron chi connectivity index (χ2n) is 5.75. The number of hydrogen-bond donors (Lipinski definition) is 1. The van der Waals surface area contributed by atoms with Gasteiger partial charge in [0.2, 0.25) is 5.82 Å². The third kappa shape index (κ3) is 3.49. The molecule has 7 heteroatoms. The normalized spacial score (nSPS) is 10.9. The molecule has 1 aromatic carbocycles. The highest BCUT2D eigenvalue weighted by Crippen LogP contribution is 2.25. The van der Waals surface area contributed by atoms with Crippen molar-refractivity contribution >= 4 is 12.4 Å². The van der Waals surface area contributed by atoms with Crippen molar-refractivity contribution in [3.63, 3.8) is 0 Å². The van der Waals surface area contributed by atoms with Crippen molar-refractivity contribution in [3.05, 3.63) is 41.6 Å². The molecule has 0 aliphatic carbocycles. The summed E-state index contributed by atoms with van der Waals surface area (Å²) in [5.41, 5.74) is 9.47. The summed E-state index contributed by atoms with van der Waals surface area (Å²) in [5.74, 6) is 1.41. The van der Waals surface area contributed by atoms with Gasteiger partial charge >= 0.3 is 0 Å². The van der Waals surface area contributed by atoms with Crippen molar-refractivity contribution in [1.29, 1.82) is 0 Å². The maximum absolute atomic E-state index is 5.62. The highest BCUT2D eigenvalue weighted by atomic mass is 35.5. The molecule has 128 valence electrons. The lowest BCUT2D eigenvalue weighted by Crippen LogP contribution is -2.00. The lowest BCUT2D eigenvalue weighted by atomic mass is 10.1. The molecule has 0 aliphatic heterocycles. The first kappa shape index (κ1) is 18.2. The molecule has 0 spiro atoms. The van der Waals surface area contributed by atoms with Gasteiger partial charge in [-0.05, 0) is 24.5 Å². The molecule has 0 amide bonds. The van der Waals surface area contributed by atoms with E-state index in [1.807, 2.05) is 41.9 Å². The van der Waals surface area contributed by atoms with Crippen LogP contribution in [0.25, 0.3) is 23.0 Å². The van der Waals surface area contributed by atoms with Crippen LogP contribution in [0.1, 0.15) is 37.9 Å². The summed E-state index contributed by atoms with van der Waals surface area (Å²) in [7, 11) is 0. The largest absolute Gasteiger partial charge is 0.332 e. The molecule has 0 saturated heterocycles. The average molecular weight is 348 g/mol. The zero-order valence-corrected chi connectivity index (χ0v) is 14.9. The predicted molar refractivity (Wildman–Crippen MR) is 95.9 cm³/mol. The van der Waals surface area contributed by atoms with Gasteiger partial charge in [0, 0.05) is 18.7 Å². The van der Waals surface area contributed by atoms with E-state index in [0.717, 1.165) is 29.1 Å². The molecule has 0 bridgehead atoms. The van der Waals surface area contributed by atoms with Gasteiger partial charge in [-0.15, -0.1) is 12.4 Å². The fraction of sp³-hybridized carbons (Fsp3) is 0.353. The SMILES string of the molecule is CCn1nc(C(C)C)cc1-c1nc(-c2ccc(CN)cc2)no1.Cl. The first-order valence-electron chi connectivity index (χ1n) is 7.83. The minimum atomic E-state index is 0. The second kappa shape index (κ2) is 7.59. The Morgan fingerprint density at radius 2 is 1.92 bits per heavy atom. The topological polar surface area (TPSA) is 82.8 Å². The number of nitrogens with two attached hydrogens (primary N) is 1. The standard InChI is InChI=1S/C17H21N5O.ClH/c1-4-22-15(9-14(20-22)11(2)3)17-19-16(21-23-17)13-7-5-12(10-18)6-8-13;/h5-9,11H,4,10,18H2,1-3H3;1H. The molecule has 6 nitrogen and oxygen atoms in total. The van der Waals surface area contributed by atoms with Gasteiger partial charge in [-0.3, -0.25) is 4.68 Å². The molecule has 2 heterocycles. The van der Waals surface area contributed by atoms with Crippen molar-refractivity contribution in [2.75, 3.05) is 0 Å². The average Bonchev–Trinajstić information content (AvgIpc) is 3.21. The number of hydrogen-bond acceptors (Lipinski definition) is 5. The van der Waals surface area contributed by atoms with Gasteiger partial charge in [0.1, 0.15) is 5.69 Å². The molecule has 0 fully saturated rings. The maximum Gasteiger partial charge on any atom is 0.276 e. The Bertz CT molecular complexity index is 792. The molecular formula is C17H22ClN5O. The molecule has 2 N–H and O–H groups in total. The summed E-state index contributed by atoms with van der Waals surface area (Å²) in [6, 6.07) is 9.86. The Morgan fingerprint density at radius 3 is 2.50 bits per heavy atom. The quantitative estimate of drug-likeness (QED) is 0.762. The van der Waals surface area contributed by atoms with Gasteiger partial charge in [0.15, 0.2) is 0 Å². The fourth-order valence-electron chi connectivity index (χ4n) is 2.37. The van der Waals surface area contributed by atoms with Crippen LogP contribution in [0.4, 0.5) is 0 Å². The summed E-state index contributed by atoms with van der Waals surface area (Å²) in [4.78, 5) is 4.52. The molecule has 0 radical (unpaired) electrons. The molecule has 2 aromatic heterocycles. The van der Waals surface area contributed by atoms with E-state index < -0.39 is 0 Å². The minimum absolute atomic E-state index is 0. The van der Waals surface area contributed by atoms with Gasteiger partial charge in [-0.1, -0.05) is 43.3 Å². The Morgan fingerprint density at radius 1 is 1.21 bits per heavy atom. The van der Waals surface area contributed by atoms with Crippen molar-refractivity contribution in [2.45, 2.75) is 39.8 Å². The van der Waals surface area contributed by atoms with E-state index in [1.165, 1.54) is 0 Å². The number of benzene rings is 1. The lowest BCUT2D eigenvalue weighted by molar-refractivity contribution is 0.427. The van der Waals surface area contributed by atoms with Crippen molar-refractivity contribution < 1.29 is 4.52 Å². The summed E-state index contributed by atoms with van der Waals surface area (Å²) < 4.78 is 7.34. The summed E-state index contributed by atoms with van der Waals surface area (Å²) >= 11 is 0. The fourth-order valence-corrected chi connectivity index (χ4v) is 2.37. The molecule has 0 saturated carbocycles. The third-order valence-electron chi connectivity index (χ3n) is 3.78. The van der Waals surface area contributed by atoms with Crippen LogP contribution in [-0.4, -0.2) is 19.9 Å². The van der Waals surface area contributed by atoms with Crippen LogP contribution in [0.3, 0.4) is 0 Å². The Labute approximate surface area is 147 Å². The van der Waals surface area contributed by atoms with Crippen molar-refractivity contribution in [2.24, 2.45) is 5.73 Å². The molecule has 0 atom stereocenters. The lowest BCUT2D eigenvalue weighted by Gasteiger charge is -1.99. The van der Waals surface area contributed by atoms with Crippen LogP contribution in [0, 0.1) is 0 Å². The number of aromatic nitrogens is 4. The molecule has 3 rings (SSSR count). The van der Waals surface area contributed by atoms with Crippen molar-refractivity contribution in [3.8, 4) is 23.0 Å².